The van der Waals surface area contributed by atoms with Crippen molar-refractivity contribution >= 4 is 5.91 Å². The summed E-state index contributed by atoms with van der Waals surface area (Å²) in [6, 6.07) is 0. The van der Waals surface area contributed by atoms with Crippen LogP contribution in [-0.4, -0.2) is 55.5 Å². The topological polar surface area (TPSA) is 49.6 Å². The van der Waals surface area contributed by atoms with Gasteiger partial charge in [0.1, 0.15) is 0 Å². The largest absolute Gasteiger partial charge is 0.344 e. The summed E-state index contributed by atoms with van der Waals surface area (Å²) < 4.78 is 0. The van der Waals surface area contributed by atoms with E-state index in [0.29, 0.717) is 11.8 Å². The highest BCUT2D eigenvalue weighted by atomic mass is 16.2. The molecule has 0 atom stereocenters. The molecule has 0 unspecified atom stereocenters. The molecule has 2 aliphatic rings. The van der Waals surface area contributed by atoms with Gasteiger partial charge in [-0.2, -0.15) is 0 Å². The van der Waals surface area contributed by atoms with Crippen LogP contribution in [0.1, 0.15) is 38.5 Å². The lowest BCUT2D eigenvalue weighted by Crippen LogP contribution is -2.39. The predicted octanol–water partition coefficient (Wildman–Crippen LogP) is 1.31. The van der Waals surface area contributed by atoms with E-state index in [2.05, 4.69) is 4.90 Å². The Morgan fingerprint density at radius 2 is 1.84 bits per heavy atom. The van der Waals surface area contributed by atoms with Gasteiger partial charge >= 0.3 is 0 Å². The molecule has 4 heteroatoms. The van der Waals surface area contributed by atoms with Gasteiger partial charge in [0, 0.05) is 26.1 Å². The van der Waals surface area contributed by atoms with E-state index >= 15 is 0 Å². The van der Waals surface area contributed by atoms with Crippen LogP contribution in [0.2, 0.25) is 0 Å². The first-order valence-electron chi connectivity index (χ1n) is 7.88. The standard InChI is InChI=1S/C15H29N3O/c1-17(10-11-18-8-2-3-9-18)15(19)14-6-4-13(12-16)5-7-14/h13-14H,2-12,16H2,1H3. The molecule has 1 aliphatic carbocycles. The van der Waals surface area contributed by atoms with Gasteiger partial charge in [0.05, 0.1) is 0 Å². The summed E-state index contributed by atoms with van der Waals surface area (Å²) in [5.74, 6) is 1.26. The first-order chi connectivity index (χ1) is 9.20. The van der Waals surface area contributed by atoms with E-state index in [1.165, 1.54) is 25.9 Å². The highest BCUT2D eigenvalue weighted by Crippen LogP contribution is 2.29. The molecular formula is C15H29N3O. The predicted molar refractivity (Wildman–Crippen MR) is 77.8 cm³/mol. The van der Waals surface area contributed by atoms with Crippen molar-refractivity contribution in [3.8, 4) is 0 Å². The van der Waals surface area contributed by atoms with Crippen LogP contribution in [0.5, 0.6) is 0 Å². The number of likely N-dealkylation sites (N-methyl/N-ethyl adjacent to an activating group) is 1. The lowest BCUT2D eigenvalue weighted by molar-refractivity contribution is -0.135. The zero-order valence-electron chi connectivity index (χ0n) is 12.3. The van der Waals surface area contributed by atoms with Crippen LogP contribution in [0.3, 0.4) is 0 Å². The maximum absolute atomic E-state index is 12.4. The van der Waals surface area contributed by atoms with Crippen LogP contribution in [0.25, 0.3) is 0 Å². The summed E-state index contributed by atoms with van der Waals surface area (Å²) in [5, 5.41) is 0. The van der Waals surface area contributed by atoms with Crippen molar-refractivity contribution < 1.29 is 4.79 Å². The van der Waals surface area contributed by atoms with Crippen LogP contribution in [0.4, 0.5) is 0 Å². The Bertz CT molecular complexity index is 281. The van der Waals surface area contributed by atoms with Crippen molar-refractivity contribution in [1.29, 1.82) is 0 Å². The number of hydrogen-bond acceptors (Lipinski definition) is 3. The minimum absolute atomic E-state index is 0.256. The van der Waals surface area contributed by atoms with Crippen LogP contribution in [0, 0.1) is 11.8 Å². The molecule has 4 nitrogen and oxygen atoms in total. The number of likely N-dealkylation sites (tertiary alicyclic amines) is 1. The minimum Gasteiger partial charge on any atom is -0.344 e. The first-order valence-corrected chi connectivity index (χ1v) is 7.88. The number of carbonyl (C=O) groups excluding carboxylic acids is 1. The molecule has 1 amide bonds. The van der Waals surface area contributed by atoms with Crippen molar-refractivity contribution in [2.45, 2.75) is 38.5 Å². The molecule has 0 radical (unpaired) electrons. The van der Waals surface area contributed by atoms with Crippen LogP contribution in [0.15, 0.2) is 0 Å². The second-order valence-electron chi connectivity index (χ2n) is 6.26. The molecule has 1 aliphatic heterocycles. The van der Waals surface area contributed by atoms with Gasteiger partial charge in [-0.05, 0) is 64.1 Å². The van der Waals surface area contributed by atoms with E-state index < -0.39 is 0 Å². The molecule has 1 saturated heterocycles. The molecule has 0 spiro atoms. The van der Waals surface area contributed by atoms with E-state index in [4.69, 9.17) is 5.73 Å². The Morgan fingerprint density at radius 3 is 2.42 bits per heavy atom. The SMILES string of the molecule is CN(CCN1CCCC1)C(=O)C1CCC(CN)CC1. The lowest BCUT2D eigenvalue weighted by atomic mass is 9.81. The Balaban J connectivity index is 1.69. The van der Waals surface area contributed by atoms with Gasteiger partial charge in [-0.3, -0.25) is 4.79 Å². The zero-order chi connectivity index (χ0) is 13.7. The average molecular weight is 267 g/mol. The Kier molecular flexibility index (Phi) is 5.64. The fraction of sp³-hybridized carbons (Fsp3) is 0.933. The summed E-state index contributed by atoms with van der Waals surface area (Å²) in [4.78, 5) is 16.8. The van der Waals surface area contributed by atoms with E-state index in [-0.39, 0.29) is 5.92 Å². The molecule has 2 fully saturated rings. The van der Waals surface area contributed by atoms with Gasteiger partial charge < -0.3 is 15.5 Å². The molecule has 19 heavy (non-hydrogen) atoms. The molecule has 0 bridgehead atoms. The second kappa shape index (κ2) is 7.25. The average Bonchev–Trinajstić information content (AvgIpc) is 2.97. The van der Waals surface area contributed by atoms with Gasteiger partial charge in [0.15, 0.2) is 0 Å². The van der Waals surface area contributed by atoms with E-state index in [9.17, 15) is 4.79 Å². The Hall–Kier alpha value is -0.610. The van der Waals surface area contributed by atoms with Crippen LogP contribution < -0.4 is 5.73 Å². The van der Waals surface area contributed by atoms with Crippen molar-refractivity contribution in [1.82, 2.24) is 9.80 Å². The number of amides is 1. The molecule has 0 aromatic rings. The Morgan fingerprint density at radius 1 is 1.21 bits per heavy atom. The van der Waals surface area contributed by atoms with Gasteiger partial charge in [-0.1, -0.05) is 0 Å². The van der Waals surface area contributed by atoms with Crippen molar-refractivity contribution in [3.63, 3.8) is 0 Å². The molecule has 2 rings (SSSR count). The number of nitrogens with two attached hydrogens (primary N) is 1. The van der Waals surface area contributed by atoms with Gasteiger partial charge in [0.2, 0.25) is 5.91 Å². The molecule has 1 heterocycles. The van der Waals surface area contributed by atoms with Crippen molar-refractivity contribution in [2.75, 3.05) is 39.8 Å². The summed E-state index contributed by atoms with van der Waals surface area (Å²) in [6.07, 6.45) is 6.98. The second-order valence-corrected chi connectivity index (χ2v) is 6.26. The van der Waals surface area contributed by atoms with E-state index in [0.717, 1.165) is 45.3 Å². The van der Waals surface area contributed by atoms with Crippen molar-refractivity contribution in [2.24, 2.45) is 17.6 Å². The number of nitrogens with zero attached hydrogens (tertiary/aromatic N) is 2. The van der Waals surface area contributed by atoms with Gasteiger partial charge in [-0.15, -0.1) is 0 Å². The number of rotatable bonds is 5. The summed E-state index contributed by atoms with van der Waals surface area (Å²) in [6.45, 7) is 5.13. The van der Waals surface area contributed by atoms with Gasteiger partial charge in [-0.25, -0.2) is 0 Å². The monoisotopic (exact) mass is 267 g/mol. The normalized spacial score (nSPS) is 28.5. The third-order valence-electron chi connectivity index (χ3n) is 4.86. The fourth-order valence-electron chi connectivity index (χ4n) is 3.36. The number of hydrogen-bond donors (Lipinski definition) is 1. The summed E-state index contributed by atoms with van der Waals surface area (Å²) >= 11 is 0. The molecule has 0 aromatic carbocycles. The molecule has 2 N–H and O–H groups in total. The smallest absolute Gasteiger partial charge is 0.225 e. The summed E-state index contributed by atoms with van der Waals surface area (Å²) in [5.41, 5.74) is 5.70. The van der Waals surface area contributed by atoms with Crippen LogP contribution >= 0.6 is 0 Å². The minimum atomic E-state index is 0.256. The van der Waals surface area contributed by atoms with Crippen molar-refractivity contribution in [3.05, 3.63) is 0 Å². The summed E-state index contributed by atoms with van der Waals surface area (Å²) in [7, 11) is 1.97. The third kappa shape index (κ3) is 4.18. The fourth-order valence-corrected chi connectivity index (χ4v) is 3.36. The zero-order valence-corrected chi connectivity index (χ0v) is 12.3. The van der Waals surface area contributed by atoms with Gasteiger partial charge in [0.25, 0.3) is 0 Å². The maximum atomic E-state index is 12.4. The maximum Gasteiger partial charge on any atom is 0.225 e. The Labute approximate surface area is 117 Å². The molecular weight excluding hydrogens is 238 g/mol. The van der Waals surface area contributed by atoms with E-state index in [1.807, 2.05) is 11.9 Å². The highest BCUT2D eigenvalue weighted by Gasteiger charge is 2.27. The molecule has 0 aromatic heterocycles. The quantitative estimate of drug-likeness (QED) is 0.817. The third-order valence-corrected chi connectivity index (χ3v) is 4.86. The lowest BCUT2D eigenvalue weighted by Gasteiger charge is -2.30. The number of carbonyl (C=O) groups is 1. The molecule has 1 saturated carbocycles. The van der Waals surface area contributed by atoms with E-state index in [1.54, 1.807) is 0 Å². The first kappa shape index (κ1) is 14.8. The highest BCUT2D eigenvalue weighted by molar-refractivity contribution is 5.78. The van der Waals surface area contributed by atoms with Crippen LogP contribution in [-0.2, 0) is 4.79 Å². The molecule has 110 valence electrons.